The third-order valence-corrected chi connectivity index (χ3v) is 3.97. The molecule has 2 atom stereocenters. The first-order valence-corrected chi connectivity index (χ1v) is 6.82. The highest BCUT2D eigenvalue weighted by Crippen LogP contribution is 2.31. The largest absolute Gasteiger partial charge is 0.378 e. The monoisotopic (exact) mass is 279 g/mol. The van der Waals surface area contributed by atoms with E-state index in [0.717, 1.165) is 19.3 Å². The number of anilines is 2. The van der Waals surface area contributed by atoms with Crippen LogP contribution in [0.4, 0.5) is 17.5 Å². The number of rotatable bonds is 2. The summed E-state index contributed by atoms with van der Waals surface area (Å²) >= 11 is 0. The van der Waals surface area contributed by atoms with Gasteiger partial charge in [-0.05, 0) is 12.8 Å². The van der Waals surface area contributed by atoms with E-state index in [-0.39, 0.29) is 23.7 Å². The molecular weight excluding hydrogens is 262 g/mol. The van der Waals surface area contributed by atoms with Gasteiger partial charge in [-0.2, -0.15) is 4.98 Å². The highest BCUT2D eigenvalue weighted by atomic mass is 16.6. The van der Waals surface area contributed by atoms with Gasteiger partial charge in [-0.3, -0.25) is 10.1 Å². The van der Waals surface area contributed by atoms with Gasteiger partial charge in [0.15, 0.2) is 0 Å². The van der Waals surface area contributed by atoms with E-state index in [9.17, 15) is 10.1 Å². The van der Waals surface area contributed by atoms with Crippen molar-refractivity contribution in [1.29, 1.82) is 0 Å². The zero-order valence-corrected chi connectivity index (χ0v) is 11.1. The van der Waals surface area contributed by atoms with Crippen molar-refractivity contribution in [3.63, 3.8) is 0 Å². The molecular formula is C12H17N5O3. The molecule has 0 unspecified atom stereocenters. The molecule has 2 heterocycles. The SMILES string of the molecule is Nc1nc(N2CCO[C@@H]3CCCC[C@@H]32)ncc1[N+](=O)[O-]. The second-order valence-corrected chi connectivity index (χ2v) is 5.15. The first kappa shape index (κ1) is 13.0. The molecule has 108 valence electrons. The standard InChI is InChI=1S/C12H17N5O3/c13-11-9(17(18)19)7-14-12(15-11)16-5-6-20-10-4-2-1-3-8(10)16/h7-8,10H,1-6H2,(H2,13,14,15)/t8-,10+/m0/s1. The fraction of sp³-hybridized carbons (Fsp3) is 0.667. The summed E-state index contributed by atoms with van der Waals surface area (Å²) in [7, 11) is 0. The molecule has 20 heavy (non-hydrogen) atoms. The maximum atomic E-state index is 10.7. The molecule has 1 aromatic heterocycles. The van der Waals surface area contributed by atoms with Gasteiger partial charge in [0.25, 0.3) is 0 Å². The molecule has 0 aromatic carbocycles. The molecule has 2 aliphatic rings. The Kier molecular flexibility index (Phi) is 3.39. The predicted octanol–water partition coefficient (Wildman–Crippen LogP) is 1.11. The number of nitrogen functional groups attached to an aromatic ring is 1. The summed E-state index contributed by atoms with van der Waals surface area (Å²) in [6, 6.07) is 0.248. The molecule has 1 saturated carbocycles. The van der Waals surface area contributed by atoms with Gasteiger partial charge in [0.1, 0.15) is 6.20 Å². The van der Waals surface area contributed by atoms with Crippen LogP contribution < -0.4 is 10.6 Å². The van der Waals surface area contributed by atoms with Gasteiger partial charge in [0.05, 0.1) is 23.7 Å². The van der Waals surface area contributed by atoms with Crippen molar-refractivity contribution >= 4 is 17.5 Å². The highest BCUT2D eigenvalue weighted by molar-refractivity contribution is 5.54. The Balaban J connectivity index is 1.87. The lowest BCUT2D eigenvalue weighted by Gasteiger charge is -2.43. The summed E-state index contributed by atoms with van der Waals surface area (Å²) in [4.78, 5) is 20.5. The topological polar surface area (TPSA) is 107 Å². The first-order chi connectivity index (χ1) is 9.66. The number of morpholine rings is 1. The van der Waals surface area contributed by atoms with E-state index in [1.807, 2.05) is 0 Å². The Labute approximate surface area is 116 Å². The molecule has 2 N–H and O–H groups in total. The Morgan fingerprint density at radius 2 is 2.25 bits per heavy atom. The zero-order valence-electron chi connectivity index (χ0n) is 11.1. The van der Waals surface area contributed by atoms with Gasteiger partial charge in [-0.1, -0.05) is 12.8 Å². The summed E-state index contributed by atoms with van der Waals surface area (Å²) in [5.41, 5.74) is 5.40. The Morgan fingerprint density at radius 3 is 3.00 bits per heavy atom. The van der Waals surface area contributed by atoms with Crippen molar-refractivity contribution in [2.24, 2.45) is 0 Å². The maximum absolute atomic E-state index is 10.7. The Hall–Kier alpha value is -1.96. The van der Waals surface area contributed by atoms with Crippen molar-refractivity contribution in [1.82, 2.24) is 9.97 Å². The molecule has 1 saturated heterocycles. The smallest absolute Gasteiger partial charge is 0.329 e. The average molecular weight is 279 g/mol. The summed E-state index contributed by atoms with van der Waals surface area (Å²) < 4.78 is 5.79. The second-order valence-electron chi connectivity index (χ2n) is 5.15. The summed E-state index contributed by atoms with van der Waals surface area (Å²) in [6.45, 7) is 1.32. The van der Waals surface area contributed by atoms with Crippen LogP contribution in [0.5, 0.6) is 0 Å². The van der Waals surface area contributed by atoms with E-state index < -0.39 is 4.92 Å². The third kappa shape index (κ3) is 2.26. The molecule has 0 bridgehead atoms. The molecule has 8 nitrogen and oxygen atoms in total. The molecule has 1 aromatic rings. The minimum absolute atomic E-state index is 0.0844. The highest BCUT2D eigenvalue weighted by Gasteiger charge is 2.35. The zero-order chi connectivity index (χ0) is 14.1. The average Bonchev–Trinajstić information content (AvgIpc) is 2.46. The normalized spacial score (nSPS) is 26.1. The summed E-state index contributed by atoms with van der Waals surface area (Å²) in [5.74, 6) is 0.382. The number of nitrogens with two attached hydrogens (primary N) is 1. The minimum Gasteiger partial charge on any atom is -0.378 e. The number of ether oxygens (including phenoxy) is 1. The fourth-order valence-corrected chi connectivity index (χ4v) is 3.00. The molecule has 0 amide bonds. The molecule has 1 aliphatic carbocycles. The number of hydrogen-bond acceptors (Lipinski definition) is 7. The van der Waals surface area contributed by atoms with Crippen LogP contribution in [0.3, 0.4) is 0 Å². The van der Waals surface area contributed by atoms with Gasteiger partial charge in [-0.15, -0.1) is 0 Å². The van der Waals surface area contributed by atoms with Gasteiger partial charge in [0.2, 0.25) is 11.8 Å². The van der Waals surface area contributed by atoms with Crippen molar-refractivity contribution in [2.75, 3.05) is 23.8 Å². The predicted molar refractivity (Wildman–Crippen MR) is 72.4 cm³/mol. The Bertz CT molecular complexity index is 522. The van der Waals surface area contributed by atoms with Gasteiger partial charge < -0.3 is 15.4 Å². The van der Waals surface area contributed by atoms with E-state index in [0.29, 0.717) is 19.1 Å². The van der Waals surface area contributed by atoms with E-state index in [2.05, 4.69) is 14.9 Å². The van der Waals surface area contributed by atoms with Crippen LogP contribution in [-0.4, -0.2) is 40.2 Å². The molecule has 2 fully saturated rings. The van der Waals surface area contributed by atoms with E-state index in [4.69, 9.17) is 10.5 Å². The third-order valence-electron chi connectivity index (χ3n) is 3.97. The van der Waals surface area contributed by atoms with Crippen molar-refractivity contribution in [3.05, 3.63) is 16.3 Å². The number of fused-ring (bicyclic) bond motifs is 1. The van der Waals surface area contributed by atoms with Crippen LogP contribution in [0.2, 0.25) is 0 Å². The van der Waals surface area contributed by atoms with Crippen LogP contribution in [0.25, 0.3) is 0 Å². The summed E-state index contributed by atoms with van der Waals surface area (Å²) in [5, 5.41) is 10.7. The van der Waals surface area contributed by atoms with Gasteiger partial charge in [-0.25, -0.2) is 4.98 Å². The molecule has 3 rings (SSSR count). The van der Waals surface area contributed by atoms with Crippen LogP contribution in [0.15, 0.2) is 6.20 Å². The van der Waals surface area contributed by atoms with Crippen LogP contribution >= 0.6 is 0 Å². The van der Waals surface area contributed by atoms with E-state index in [1.54, 1.807) is 0 Å². The molecule has 0 radical (unpaired) electrons. The van der Waals surface area contributed by atoms with Gasteiger partial charge >= 0.3 is 5.69 Å². The molecule has 8 heteroatoms. The fourth-order valence-electron chi connectivity index (χ4n) is 3.00. The summed E-state index contributed by atoms with van der Waals surface area (Å²) in [6.07, 6.45) is 5.80. The second kappa shape index (κ2) is 5.20. The lowest BCUT2D eigenvalue weighted by atomic mass is 9.90. The molecule has 0 spiro atoms. The van der Waals surface area contributed by atoms with Crippen molar-refractivity contribution in [3.8, 4) is 0 Å². The number of hydrogen-bond donors (Lipinski definition) is 1. The quantitative estimate of drug-likeness (QED) is 0.638. The van der Waals surface area contributed by atoms with Crippen molar-refractivity contribution in [2.45, 2.75) is 37.8 Å². The molecule has 1 aliphatic heterocycles. The minimum atomic E-state index is -0.568. The number of nitro groups is 1. The van der Waals surface area contributed by atoms with Crippen molar-refractivity contribution < 1.29 is 9.66 Å². The number of nitrogens with zero attached hydrogens (tertiary/aromatic N) is 4. The van der Waals surface area contributed by atoms with Crippen LogP contribution in [-0.2, 0) is 4.74 Å². The van der Waals surface area contributed by atoms with E-state index in [1.165, 1.54) is 12.6 Å². The van der Waals surface area contributed by atoms with Gasteiger partial charge in [0, 0.05) is 6.54 Å². The van der Waals surface area contributed by atoms with E-state index >= 15 is 0 Å². The lowest BCUT2D eigenvalue weighted by Crippen LogP contribution is -2.53. The van der Waals surface area contributed by atoms with Crippen LogP contribution in [0, 0.1) is 10.1 Å². The number of aromatic nitrogens is 2. The van der Waals surface area contributed by atoms with Crippen LogP contribution in [0.1, 0.15) is 25.7 Å². The first-order valence-electron chi connectivity index (χ1n) is 6.82. The maximum Gasteiger partial charge on any atom is 0.329 e. The lowest BCUT2D eigenvalue weighted by molar-refractivity contribution is -0.384. The Morgan fingerprint density at radius 1 is 1.45 bits per heavy atom.